The second kappa shape index (κ2) is 3.88. The van der Waals surface area contributed by atoms with Crippen LogP contribution in [0.2, 0.25) is 0 Å². The fraction of sp³-hybridized carbons (Fsp3) is 0.667. The van der Waals surface area contributed by atoms with Crippen molar-refractivity contribution in [2.45, 2.75) is 19.3 Å². The molecule has 0 amide bonds. The molecule has 2 heterocycles. The van der Waals surface area contributed by atoms with Crippen LogP contribution in [0.15, 0.2) is 6.33 Å². The molecular formula is C9H14N4O2. The summed E-state index contributed by atoms with van der Waals surface area (Å²) in [6.07, 6.45) is 4.89. The van der Waals surface area contributed by atoms with Crippen LogP contribution in [0, 0.1) is 10.1 Å². The molecule has 6 heteroatoms. The van der Waals surface area contributed by atoms with Gasteiger partial charge in [0.15, 0.2) is 6.33 Å². The molecular weight excluding hydrogens is 196 g/mol. The number of hydrogen-bond donors (Lipinski definition) is 0. The first-order chi connectivity index (χ1) is 7.20. The second-order valence-electron chi connectivity index (χ2n) is 3.81. The number of hydrogen-bond acceptors (Lipinski definition) is 4. The topological polar surface area (TPSA) is 64.2 Å². The minimum atomic E-state index is -0.364. The van der Waals surface area contributed by atoms with Gasteiger partial charge in [0, 0.05) is 13.1 Å². The van der Waals surface area contributed by atoms with E-state index >= 15 is 0 Å². The molecule has 0 N–H and O–H groups in total. The van der Waals surface area contributed by atoms with Crippen LogP contribution < -0.4 is 4.90 Å². The standard InChI is InChI=1S/C9H14N4O2/c1-11-7-10-8(9(11)13(14)15)12-5-3-2-4-6-12/h7H,2-6H2,1H3. The minimum absolute atomic E-state index is 0.0944. The van der Waals surface area contributed by atoms with E-state index in [1.807, 2.05) is 4.90 Å². The summed E-state index contributed by atoms with van der Waals surface area (Å²) in [4.78, 5) is 16.6. The van der Waals surface area contributed by atoms with Crippen molar-refractivity contribution in [2.75, 3.05) is 18.0 Å². The van der Waals surface area contributed by atoms with Crippen molar-refractivity contribution >= 4 is 11.6 Å². The second-order valence-corrected chi connectivity index (χ2v) is 3.81. The molecule has 0 atom stereocenters. The van der Waals surface area contributed by atoms with E-state index in [0.29, 0.717) is 5.82 Å². The summed E-state index contributed by atoms with van der Waals surface area (Å²) in [6.45, 7) is 1.75. The Morgan fingerprint density at radius 2 is 2.07 bits per heavy atom. The largest absolute Gasteiger partial charge is 0.367 e. The highest BCUT2D eigenvalue weighted by Gasteiger charge is 2.25. The van der Waals surface area contributed by atoms with Crippen molar-refractivity contribution in [3.05, 3.63) is 16.4 Å². The van der Waals surface area contributed by atoms with Gasteiger partial charge >= 0.3 is 5.82 Å². The molecule has 0 aliphatic carbocycles. The maximum Gasteiger partial charge on any atom is 0.367 e. The smallest absolute Gasteiger partial charge is 0.358 e. The summed E-state index contributed by atoms with van der Waals surface area (Å²) in [5.74, 6) is 0.610. The number of aromatic nitrogens is 2. The molecule has 0 aromatic carbocycles. The predicted molar refractivity (Wildman–Crippen MR) is 55.9 cm³/mol. The Balaban J connectivity index is 2.30. The van der Waals surface area contributed by atoms with Gasteiger partial charge in [0.1, 0.15) is 0 Å². The van der Waals surface area contributed by atoms with E-state index in [1.165, 1.54) is 17.3 Å². The average molecular weight is 210 g/mol. The van der Waals surface area contributed by atoms with Gasteiger partial charge in [-0.1, -0.05) is 0 Å². The summed E-state index contributed by atoms with van der Waals surface area (Å²) in [5, 5.41) is 10.9. The predicted octanol–water partition coefficient (Wildman–Crippen LogP) is 1.32. The first-order valence-electron chi connectivity index (χ1n) is 5.11. The van der Waals surface area contributed by atoms with Gasteiger partial charge in [-0.05, 0) is 24.2 Å². The van der Waals surface area contributed by atoms with E-state index in [4.69, 9.17) is 0 Å². The molecule has 0 radical (unpaired) electrons. The molecule has 6 nitrogen and oxygen atoms in total. The normalized spacial score (nSPS) is 16.7. The van der Waals surface area contributed by atoms with E-state index in [0.717, 1.165) is 25.9 Å². The Bertz CT molecular complexity index is 368. The zero-order chi connectivity index (χ0) is 10.8. The molecule has 1 aliphatic rings. The monoisotopic (exact) mass is 210 g/mol. The molecule has 1 aromatic heterocycles. The maximum absolute atomic E-state index is 10.9. The average Bonchev–Trinajstić information content (AvgIpc) is 2.61. The summed E-state index contributed by atoms with van der Waals surface area (Å²) in [5.41, 5.74) is 0. The first-order valence-corrected chi connectivity index (χ1v) is 5.11. The molecule has 82 valence electrons. The Morgan fingerprint density at radius 1 is 1.40 bits per heavy atom. The van der Waals surface area contributed by atoms with Crippen LogP contribution in [-0.4, -0.2) is 27.6 Å². The number of aryl methyl sites for hydroxylation is 1. The van der Waals surface area contributed by atoms with Gasteiger partial charge in [-0.25, -0.2) is 4.57 Å². The van der Waals surface area contributed by atoms with Gasteiger partial charge in [0.25, 0.3) is 0 Å². The Morgan fingerprint density at radius 3 is 2.67 bits per heavy atom. The number of anilines is 1. The van der Waals surface area contributed by atoms with Crippen molar-refractivity contribution < 1.29 is 4.92 Å². The quantitative estimate of drug-likeness (QED) is 0.545. The van der Waals surface area contributed by atoms with Crippen LogP contribution in [0.1, 0.15) is 19.3 Å². The van der Waals surface area contributed by atoms with Gasteiger partial charge in [0.2, 0.25) is 5.82 Å². The number of nitro groups is 1. The SMILES string of the molecule is Cn1cnc(N2CCCCC2)c1[N+](=O)[O-]. The third kappa shape index (κ3) is 1.79. The van der Waals surface area contributed by atoms with Crippen molar-refractivity contribution in [2.24, 2.45) is 7.05 Å². The van der Waals surface area contributed by atoms with Crippen LogP contribution >= 0.6 is 0 Å². The lowest BCUT2D eigenvalue weighted by molar-refractivity contribution is -0.391. The Hall–Kier alpha value is -1.59. The van der Waals surface area contributed by atoms with Gasteiger partial charge in [-0.2, -0.15) is 4.98 Å². The fourth-order valence-corrected chi connectivity index (χ4v) is 1.95. The highest BCUT2D eigenvalue weighted by atomic mass is 16.6. The van der Waals surface area contributed by atoms with Crippen molar-refractivity contribution in [3.63, 3.8) is 0 Å². The zero-order valence-corrected chi connectivity index (χ0v) is 8.72. The molecule has 1 aromatic rings. The molecule has 0 bridgehead atoms. The van der Waals surface area contributed by atoms with Crippen LogP contribution in [0.3, 0.4) is 0 Å². The lowest BCUT2D eigenvalue weighted by atomic mass is 10.1. The van der Waals surface area contributed by atoms with Crippen LogP contribution in [0.25, 0.3) is 0 Å². The third-order valence-electron chi connectivity index (χ3n) is 2.72. The van der Waals surface area contributed by atoms with Crippen molar-refractivity contribution in [1.82, 2.24) is 9.55 Å². The summed E-state index contributed by atoms with van der Waals surface area (Å²) >= 11 is 0. The van der Waals surface area contributed by atoms with Gasteiger partial charge in [-0.3, -0.25) is 0 Å². The molecule has 0 unspecified atom stereocenters. The highest BCUT2D eigenvalue weighted by Crippen LogP contribution is 2.27. The molecule has 0 saturated carbocycles. The summed E-state index contributed by atoms with van der Waals surface area (Å²) in [6, 6.07) is 0. The molecule has 1 aliphatic heterocycles. The van der Waals surface area contributed by atoms with E-state index in [1.54, 1.807) is 7.05 Å². The number of imidazole rings is 1. The van der Waals surface area contributed by atoms with E-state index in [-0.39, 0.29) is 10.7 Å². The summed E-state index contributed by atoms with van der Waals surface area (Å²) in [7, 11) is 1.65. The van der Waals surface area contributed by atoms with Crippen LogP contribution in [-0.2, 0) is 7.05 Å². The zero-order valence-electron chi connectivity index (χ0n) is 8.72. The molecule has 1 fully saturated rings. The van der Waals surface area contributed by atoms with Crippen molar-refractivity contribution in [3.8, 4) is 0 Å². The number of nitrogens with zero attached hydrogens (tertiary/aromatic N) is 4. The Labute approximate surface area is 87.7 Å². The maximum atomic E-state index is 10.9. The van der Waals surface area contributed by atoms with Crippen molar-refractivity contribution in [1.29, 1.82) is 0 Å². The Kier molecular flexibility index (Phi) is 2.57. The van der Waals surface area contributed by atoms with Crippen LogP contribution in [0.5, 0.6) is 0 Å². The van der Waals surface area contributed by atoms with Gasteiger partial charge in [0.05, 0.1) is 7.05 Å². The van der Waals surface area contributed by atoms with E-state index in [2.05, 4.69) is 4.98 Å². The summed E-state index contributed by atoms with van der Waals surface area (Å²) < 4.78 is 1.46. The lowest BCUT2D eigenvalue weighted by Crippen LogP contribution is -2.30. The van der Waals surface area contributed by atoms with Gasteiger partial charge < -0.3 is 15.0 Å². The molecule has 15 heavy (non-hydrogen) atoms. The van der Waals surface area contributed by atoms with Gasteiger partial charge in [-0.15, -0.1) is 0 Å². The highest BCUT2D eigenvalue weighted by molar-refractivity contribution is 5.54. The molecule has 0 spiro atoms. The third-order valence-corrected chi connectivity index (χ3v) is 2.72. The number of rotatable bonds is 2. The lowest BCUT2D eigenvalue weighted by Gasteiger charge is -2.25. The van der Waals surface area contributed by atoms with Crippen LogP contribution in [0.4, 0.5) is 11.6 Å². The molecule has 1 saturated heterocycles. The van der Waals surface area contributed by atoms with E-state index < -0.39 is 0 Å². The fourth-order valence-electron chi connectivity index (χ4n) is 1.95. The minimum Gasteiger partial charge on any atom is -0.358 e. The first kappa shape index (κ1) is 9.95. The van der Waals surface area contributed by atoms with E-state index in [9.17, 15) is 10.1 Å². The number of piperidine rings is 1. The molecule has 2 rings (SSSR count).